The normalized spacial score (nSPS) is 14.8. The third-order valence-electron chi connectivity index (χ3n) is 6.13. The van der Waals surface area contributed by atoms with Crippen molar-refractivity contribution in [2.24, 2.45) is 0 Å². The third kappa shape index (κ3) is 4.29. The summed E-state index contributed by atoms with van der Waals surface area (Å²) in [5.41, 5.74) is 3.68. The average Bonchev–Trinajstić information content (AvgIpc) is 3.39. The van der Waals surface area contributed by atoms with E-state index in [0.717, 1.165) is 22.8 Å². The minimum absolute atomic E-state index is 0.0597. The first-order chi connectivity index (χ1) is 15.8. The first-order valence-electron chi connectivity index (χ1n) is 11.4. The van der Waals surface area contributed by atoms with Crippen LogP contribution in [0.3, 0.4) is 0 Å². The Morgan fingerprint density at radius 2 is 1.88 bits per heavy atom. The van der Waals surface area contributed by atoms with Crippen molar-refractivity contribution in [3.8, 4) is 0 Å². The van der Waals surface area contributed by atoms with Gasteiger partial charge >= 0.3 is 0 Å². The van der Waals surface area contributed by atoms with Crippen molar-refractivity contribution < 1.29 is 13.2 Å². The number of benzene rings is 2. The number of carbonyl (C=O) groups is 1. The van der Waals surface area contributed by atoms with Gasteiger partial charge in [-0.05, 0) is 50.1 Å². The van der Waals surface area contributed by atoms with Gasteiger partial charge in [0.15, 0.2) is 5.16 Å². The third-order valence-corrected chi connectivity index (χ3v) is 9.25. The number of aryl methyl sites for hydroxylation is 1. The zero-order valence-electron chi connectivity index (χ0n) is 19.5. The molecule has 4 rings (SSSR count). The van der Waals surface area contributed by atoms with E-state index in [9.17, 15) is 13.2 Å². The van der Waals surface area contributed by atoms with Gasteiger partial charge in [0, 0.05) is 31.9 Å². The Bertz CT molecular complexity index is 1280. The molecule has 1 aliphatic heterocycles. The lowest BCUT2D eigenvalue weighted by atomic mass is 10.2. The summed E-state index contributed by atoms with van der Waals surface area (Å²) in [6.07, 6.45) is 0.872. The Balaban J connectivity index is 1.62. The standard InChI is InChI=1S/C24H30N4O3S2/c1-5-26(6-2)33(30,31)19-12-13-22-20(16-19)25-24(27(22)7-3)32-17(4)23(29)28-15-14-18-10-8-9-11-21(18)28/h8-13,16-17H,5-7,14-15H2,1-4H3. The number of sulfonamides is 1. The predicted molar refractivity (Wildman–Crippen MR) is 133 cm³/mol. The van der Waals surface area contributed by atoms with Crippen molar-refractivity contribution >= 4 is 44.4 Å². The van der Waals surface area contributed by atoms with Gasteiger partial charge in [-0.15, -0.1) is 0 Å². The Morgan fingerprint density at radius 3 is 2.58 bits per heavy atom. The van der Waals surface area contributed by atoms with Crippen molar-refractivity contribution in [2.75, 3.05) is 24.5 Å². The molecule has 33 heavy (non-hydrogen) atoms. The van der Waals surface area contributed by atoms with E-state index in [0.29, 0.717) is 31.7 Å². The lowest BCUT2D eigenvalue weighted by Crippen LogP contribution is -2.35. The first-order valence-corrected chi connectivity index (χ1v) is 13.7. The molecule has 0 spiro atoms. The summed E-state index contributed by atoms with van der Waals surface area (Å²) in [5, 5.41) is 0.398. The van der Waals surface area contributed by atoms with Crippen LogP contribution in [0.1, 0.15) is 33.3 Å². The molecule has 0 N–H and O–H groups in total. The molecule has 0 radical (unpaired) electrons. The molecule has 0 saturated carbocycles. The molecule has 0 bridgehead atoms. The van der Waals surface area contributed by atoms with Crippen molar-refractivity contribution in [2.45, 2.75) is 56.0 Å². The quantitative estimate of drug-likeness (QED) is 0.447. The number of amides is 1. The van der Waals surface area contributed by atoms with Crippen LogP contribution in [0.2, 0.25) is 0 Å². The highest BCUT2D eigenvalue weighted by atomic mass is 32.2. The maximum absolute atomic E-state index is 13.2. The number of imidazole rings is 1. The van der Waals surface area contributed by atoms with Gasteiger partial charge in [0.1, 0.15) is 0 Å². The van der Waals surface area contributed by atoms with E-state index < -0.39 is 10.0 Å². The summed E-state index contributed by atoms with van der Waals surface area (Å²) in [4.78, 5) is 20.1. The van der Waals surface area contributed by atoms with Crippen molar-refractivity contribution in [1.82, 2.24) is 13.9 Å². The Labute approximate surface area is 199 Å². The number of carbonyl (C=O) groups excluding carboxylic acids is 1. The van der Waals surface area contributed by atoms with E-state index in [4.69, 9.17) is 4.98 Å². The second-order valence-electron chi connectivity index (χ2n) is 8.01. The zero-order valence-corrected chi connectivity index (χ0v) is 21.1. The number of thioether (sulfide) groups is 1. The predicted octanol–water partition coefficient (Wildman–Crippen LogP) is 4.16. The SMILES string of the molecule is CCN(CC)S(=O)(=O)c1ccc2c(c1)nc(SC(C)C(=O)N1CCc3ccccc31)n2CC. The van der Waals surface area contributed by atoms with E-state index in [1.54, 1.807) is 12.1 Å². The highest BCUT2D eigenvalue weighted by Crippen LogP contribution is 2.33. The highest BCUT2D eigenvalue weighted by molar-refractivity contribution is 8.00. The Kier molecular flexibility index (Phi) is 6.83. The summed E-state index contributed by atoms with van der Waals surface area (Å²) in [6.45, 7) is 9.79. The van der Waals surface area contributed by atoms with Gasteiger partial charge in [-0.1, -0.05) is 43.8 Å². The largest absolute Gasteiger partial charge is 0.319 e. The molecule has 1 aliphatic rings. The monoisotopic (exact) mass is 486 g/mol. The van der Waals surface area contributed by atoms with Gasteiger partial charge < -0.3 is 9.47 Å². The second kappa shape index (κ2) is 9.48. The van der Waals surface area contributed by atoms with Crippen molar-refractivity contribution in [1.29, 1.82) is 0 Å². The number of hydrogen-bond acceptors (Lipinski definition) is 5. The van der Waals surface area contributed by atoms with Gasteiger partial charge in [-0.25, -0.2) is 13.4 Å². The van der Waals surface area contributed by atoms with E-state index in [2.05, 4.69) is 6.07 Å². The number of aromatic nitrogens is 2. The molecule has 7 nitrogen and oxygen atoms in total. The summed E-state index contributed by atoms with van der Waals surface area (Å²) in [6, 6.07) is 13.1. The highest BCUT2D eigenvalue weighted by Gasteiger charge is 2.29. The molecule has 1 aromatic heterocycles. The van der Waals surface area contributed by atoms with Crippen LogP contribution >= 0.6 is 11.8 Å². The Hall–Kier alpha value is -2.36. The lowest BCUT2D eigenvalue weighted by Gasteiger charge is -2.21. The maximum atomic E-state index is 13.2. The summed E-state index contributed by atoms with van der Waals surface area (Å²) < 4.78 is 29.4. The van der Waals surface area contributed by atoms with Gasteiger partial charge in [-0.3, -0.25) is 4.79 Å². The summed E-state index contributed by atoms with van der Waals surface area (Å²) in [5.74, 6) is 0.0597. The van der Waals surface area contributed by atoms with Crippen LogP contribution in [0.15, 0.2) is 52.5 Å². The van der Waals surface area contributed by atoms with Crippen molar-refractivity contribution in [3.05, 3.63) is 48.0 Å². The molecule has 1 atom stereocenters. The molecule has 9 heteroatoms. The van der Waals surface area contributed by atoms with E-state index in [-0.39, 0.29) is 16.1 Å². The van der Waals surface area contributed by atoms with E-state index in [1.165, 1.54) is 21.6 Å². The number of rotatable bonds is 8. The molecule has 3 aromatic rings. The fourth-order valence-corrected chi connectivity index (χ4v) is 6.88. The smallest absolute Gasteiger partial charge is 0.243 e. The van der Waals surface area contributed by atoms with Crippen LogP contribution in [0.4, 0.5) is 5.69 Å². The molecule has 0 fully saturated rings. The van der Waals surface area contributed by atoms with Crippen LogP contribution in [-0.2, 0) is 27.8 Å². The molecular weight excluding hydrogens is 456 g/mol. The van der Waals surface area contributed by atoms with Gasteiger partial charge in [0.05, 0.1) is 21.2 Å². The average molecular weight is 487 g/mol. The summed E-state index contributed by atoms with van der Waals surface area (Å²) >= 11 is 1.42. The van der Waals surface area contributed by atoms with Crippen molar-refractivity contribution in [3.63, 3.8) is 0 Å². The fourth-order valence-electron chi connectivity index (χ4n) is 4.35. The molecule has 1 unspecified atom stereocenters. The number of nitrogens with zero attached hydrogens (tertiary/aromatic N) is 4. The lowest BCUT2D eigenvalue weighted by molar-refractivity contribution is -0.117. The molecule has 1 amide bonds. The van der Waals surface area contributed by atoms with Crippen LogP contribution in [0.5, 0.6) is 0 Å². The minimum atomic E-state index is -3.56. The number of hydrogen-bond donors (Lipinski definition) is 0. The van der Waals surface area contributed by atoms with Gasteiger partial charge in [0.2, 0.25) is 15.9 Å². The molecule has 2 aromatic carbocycles. The topological polar surface area (TPSA) is 75.5 Å². The minimum Gasteiger partial charge on any atom is -0.319 e. The maximum Gasteiger partial charge on any atom is 0.243 e. The van der Waals surface area contributed by atoms with Gasteiger partial charge in [0.25, 0.3) is 0 Å². The number of para-hydroxylation sites is 1. The van der Waals surface area contributed by atoms with Crippen LogP contribution in [0, 0.1) is 0 Å². The molecule has 0 aliphatic carbocycles. The fraction of sp³-hybridized carbons (Fsp3) is 0.417. The second-order valence-corrected chi connectivity index (χ2v) is 11.3. The van der Waals surface area contributed by atoms with Crippen LogP contribution in [0.25, 0.3) is 11.0 Å². The zero-order chi connectivity index (χ0) is 23.8. The number of fused-ring (bicyclic) bond motifs is 2. The van der Waals surface area contributed by atoms with Crippen LogP contribution < -0.4 is 4.90 Å². The van der Waals surface area contributed by atoms with E-state index >= 15 is 0 Å². The molecule has 176 valence electrons. The molecule has 2 heterocycles. The summed E-state index contributed by atoms with van der Waals surface area (Å²) in [7, 11) is -3.56. The molecule has 0 saturated heterocycles. The van der Waals surface area contributed by atoms with Crippen LogP contribution in [-0.4, -0.2) is 53.1 Å². The Morgan fingerprint density at radius 1 is 1.15 bits per heavy atom. The molecular formula is C24H30N4O3S2. The van der Waals surface area contributed by atoms with E-state index in [1.807, 2.05) is 61.4 Å². The first kappa shape index (κ1) is 23.8. The van der Waals surface area contributed by atoms with Gasteiger partial charge in [-0.2, -0.15) is 4.31 Å². The number of anilines is 1.